The van der Waals surface area contributed by atoms with Gasteiger partial charge >= 0.3 is 0 Å². The van der Waals surface area contributed by atoms with E-state index >= 15 is 0 Å². The van der Waals surface area contributed by atoms with Gasteiger partial charge in [0.1, 0.15) is 0 Å². The van der Waals surface area contributed by atoms with Crippen LogP contribution in [0.5, 0.6) is 0 Å². The second kappa shape index (κ2) is 6.71. The minimum Gasteiger partial charge on any atom is -0.320 e. The Morgan fingerprint density at radius 2 is 1.62 bits per heavy atom. The minimum absolute atomic E-state index is 0.195. The van der Waals surface area contributed by atoms with E-state index in [0.717, 1.165) is 22.5 Å². The first-order chi connectivity index (χ1) is 11.5. The normalized spacial score (nSPS) is 14.2. The quantitative estimate of drug-likeness (QED) is 0.855. The molecule has 1 aliphatic carbocycles. The molecule has 4 nitrogen and oxygen atoms in total. The van der Waals surface area contributed by atoms with Crippen molar-refractivity contribution in [3.05, 3.63) is 52.8 Å². The molecule has 24 heavy (non-hydrogen) atoms. The zero-order chi connectivity index (χ0) is 17.3. The fraction of sp³-hybridized carbons (Fsp3) is 0.450. The van der Waals surface area contributed by atoms with Crippen LogP contribution < -0.4 is 5.32 Å². The molecule has 1 amide bonds. The highest BCUT2D eigenvalue weighted by Crippen LogP contribution is 2.38. The van der Waals surface area contributed by atoms with E-state index in [1.54, 1.807) is 6.07 Å². The van der Waals surface area contributed by atoms with Crippen LogP contribution in [0.25, 0.3) is 0 Å². The van der Waals surface area contributed by atoms with Crippen LogP contribution in [0, 0.1) is 0 Å². The molecule has 0 radical (unpaired) electrons. The van der Waals surface area contributed by atoms with Gasteiger partial charge in [-0.2, -0.15) is 5.10 Å². The van der Waals surface area contributed by atoms with Crippen molar-refractivity contribution in [3.8, 4) is 0 Å². The van der Waals surface area contributed by atoms with E-state index in [0.29, 0.717) is 23.4 Å². The van der Waals surface area contributed by atoms with Crippen LogP contribution in [0.3, 0.4) is 0 Å². The fourth-order valence-corrected chi connectivity index (χ4v) is 2.93. The van der Waals surface area contributed by atoms with E-state index in [1.807, 2.05) is 6.07 Å². The van der Waals surface area contributed by atoms with Gasteiger partial charge < -0.3 is 5.32 Å². The number of anilines is 1. The first kappa shape index (κ1) is 16.6. The third-order valence-electron chi connectivity index (χ3n) is 4.52. The maximum Gasteiger partial charge on any atom is 0.276 e. The van der Waals surface area contributed by atoms with Gasteiger partial charge in [-0.05, 0) is 47.9 Å². The predicted octanol–water partition coefficient (Wildman–Crippen LogP) is 4.85. The summed E-state index contributed by atoms with van der Waals surface area (Å²) in [7, 11) is 0. The number of nitrogens with one attached hydrogen (secondary N) is 1. The lowest BCUT2D eigenvalue weighted by Gasteiger charge is -2.20. The summed E-state index contributed by atoms with van der Waals surface area (Å²) in [4.78, 5) is 12.6. The van der Waals surface area contributed by atoms with Crippen molar-refractivity contribution in [2.75, 3.05) is 5.32 Å². The van der Waals surface area contributed by atoms with Gasteiger partial charge in [0.05, 0.1) is 5.69 Å². The molecule has 3 rings (SSSR count). The third-order valence-corrected chi connectivity index (χ3v) is 4.52. The highest BCUT2D eigenvalue weighted by molar-refractivity contribution is 6.03. The topological polar surface area (TPSA) is 54.9 Å². The molecule has 1 heterocycles. The van der Waals surface area contributed by atoms with Crippen LogP contribution in [0.4, 0.5) is 5.69 Å². The summed E-state index contributed by atoms with van der Waals surface area (Å²) in [6.07, 6.45) is 2.36. The van der Waals surface area contributed by atoms with Crippen molar-refractivity contribution in [2.45, 2.75) is 58.3 Å². The van der Waals surface area contributed by atoms with Crippen LogP contribution >= 0.6 is 0 Å². The van der Waals surface area contributed by atoms with Gasteiger partial charge in [0.25, 0.3) is 5.91 Å². The molecular weight excluding hydrogens is 298 g/mol. The van der Waals surface area contributed by atoms with Crippen molar-refractivity contribution in [1.82, 2.24) is 10.2 Å². The van der Waals surface area contributed by atoms with E-state index in [-0.39, 0.29) is 5.91 Å². The van der Waals surface area contributed by atoms with Crippen molar-refractivity contribution in [2.24, 2.45) is 0 Å². The van der Waals surface area contributed by atoms with Crippen molar-refractivity contribution in [3.63, 3.8) is 0 Å². The summed E-state index contributed by atoms with van der Waals surface area (Å²) < 4.78 is 0. The molecule has 0 spiro atoms. The number of aromatic nitrogens is 2. The number of hydrogen-bond acceptors (Lipinski definition) is 3. The summed E-state index contributed by atoms with van der Waals surface area (Å²) in [5, 5.41) is 11.4. The first-order valence-electron chi connectivity index (χ1n) is 8.75. The number of carbonyl (C=O) groups is 1. The molecule has 2 aromatic rings. The minimum atomic E-state index is -0.195. The average Bonchev–Trinajstić information content (AvgIpc) is 3.39. The number of amides is 1. The van der Waals surface area contributed by atoms with Crippen LogP contribution in [-0.4, -0.2) is 16.1 Å². The molecule has 0 bridgehead atoms. The van der Waals surface area contributed by atoms with Crippen LogP contribution in [0.2, 0.25) is 0 Å². The van der Waals surface area contributed by atoms with Crippen molar-refractivity contribution >= 4 is 11.6 Å². The van der Waals surface area contributed by atoms with Gasteiger partial charge in [-0.1, -0.05) is 45.9 Å². The van der Waals surface area contributed by atoms with Crippen LogP contribution in [0.1, 0.15) is 85.6 Å². The van der Waals surface area contributed by atoms with Gasteiger partial charge in [0.2, 0.25) is 0 Å². The molecule has 1 saturated carbocycles. The van der Waals surface area contributed by atoms with Gasteiger partial charge in [0.15, 0.2) is 5.69 Å². The maximum atomic E-state index is 12.6. The molecule has 4 heteroatoms. The van der Waals surface area contributed by atoms with Gasteiger partial charge in [-0.15, -0.1) is 5.10 Å². The number of para-hydroxylation sites is 1. The summed E-state index contributed by atoms with van der Waals surface area (Å²) in [5.74, 6) is 1.02. The lowest BCUT2D eigenvalue weighted by atomic mass is 9.92. The lowest BCUT2D eigenvalue weighted by molar-refractivity contribution is 0.102. The molecule has 1 aliphatic rings. The highest BCUT2D eigenvalue weighted by Gasteiger charge is 2.25. The smallest absolute Gasteiger partial charge is 0.276 e. The second-order valence-electron chi connectivity index (χ2n) is 7.19. The summed E-state index contributed by atoms with van der Waals surface area (Å²) in [5.41, 5.74) is 4.58. The van der Waals surface area contributed by atoms with Gasteiger partial charge in [-0.3, -0.25) is 4.79 Å². The molecular formula is C20H25N3O. The molecule has 0 atom stereocenters. The zero-order valence-electron chi connectivity index (χ0n) is 14.8. The number of hydrogen-bond donors (Lipinski definition) is 1. The zero-order valence-corrected chi connectivity index (χ0v) is 14.8. The Morgan fingerprint density at radius 3 is 2.08 bits per heavy atom. The summed E-state index contributed by atoms with van der Waals surface area (Å²) in [6.45, 7) is 8.55. The maximum absolute atomic E-state index is 12.6. The number of nitrogens with zero attached hydrogens (tertiary/aromatic N) is 2. The number of benzene rings is 1. The standard InChI is InChI=1S/C20H25N3O/c1-12(2)15-6-5-7-16(13(3)4)19(15)21-20(24)18-11-10-17(22-23-18)14-8-9-14/h5-7,10-14H,8-9H2,1-4H3,(H,21,24). The first-order valence-corrected chi connectivity index (χ1v) is 8.75. The van der Waals surface area contributed by atoms with E-state index < -0.39 is 0 Å². The Bertz CT molecular complexity index is 705. The van der Waals surface area contributed by atoms with Crippen molar-refractivity contribution in [1.29, 1.82) is 0 Å². The second-order valence-corrected chi connectivity index (χ2v) is 7.19. The lowest BCUT2D eigenvalue weighted by Crippen LogP contribution is -2.17. The molecule has 0 aliphatic heterocycles. The summed E-state index contributed by atoms with van der Waals surface area (Å²) in [6, 6.07) is 9.92. The van der Waals surface area contributed by atoms with Crippen LogP contribution in [0.15, 0.2) is 30.3 Å². The molecule has 0 saturated heterocycles. The van der Waals surface area contributed by atoms with Crippen molar-refractivity contribution < 1.29 is 4.79 Å². The molecule has 1 N–H and O–H groups in total. The van der Waals surface area contributed by atoms with E-state index in [2.05, 4.69) is 61.4 Å². The SMILES string of the molecule is CC(C)c1cccc(C(C)C)c1NC(=O)c1ccc(C2CC2)nn1. The molecule has 126 valence electrons. The number of rotatable bonds is 5. The predicted molar refractivity (Wildman–Crippen MR) is 96.6 cm³/mol. The largest absolute Gasteiger partial charge is 0.320 e. The molecule has 1 fully saturated rings. The molecule has 0 unspecified atom stereocenters. The Hall–Kier alpha value is -2.23. The monoisotopic (exact) mass is 323 g/mol. The van der Waals surface area contributed by atoms with Gasteiger partial charge in [-0.25, -0.2) is 0 Å². The fourth-order valence-electron chi connectivity index (χ4n) is 2.93. The number of carbonyl (C=O) groups excluding carboxylic acids is 1. The van der Waals surface area contributed by atoms with E-state index in [4.69, 9.17) is 0 Å². The summed E-state index contributed by atoms with van der Waals surface area (Å²) >= 11 is 0. The Kier molecular flexibility index (Phi) is 4.65. The van der Waals surface area contributed by atoms with Crippen LogP contribution in [-0.2, 0) is 0 Å². The van der Waals surface area contributed by atoms with E-state index in [9.17, 15) is 4.79 Å². The Labute approximate surface area is 143 Å². The Balaban J connectivity index is 1.87. The average molecular weight is 323 g/mol. The van der Waals surface area contributed by atoms with E-state index in [1.165, 1.54) is 12.8 Å². The van der Waals surface area contributed by atoms with Gasteiger partial charge in [0, 0.05) is 11.6 Å². The molecule has 1 aromatic heterocycles. The third kappa shape index (κ3) is 3.48. The highest BCUT2D eigenvalue weighted by atomic mass is 16.1. The molecule has 1 aromatic carbocycles. The Morgan fingerprint density at radius 1 is 1.00 bits per heavy atom.